The molecule has 0 aromatic carbocycles. The molecule has 0 aromatic rings. The van der Waals surface area contributed by atoms with Crippen LogP contribution < -0.4 is 0 Å². The largest absolute Gasteiger partial charge is 0.395 e. The fraction of sp³-hybridized carbons (Fsp3) is 1.00. The van der Waals surface area contributed by atoms with Gasteiger partial charge in [0.15, 0.2) is 0 Å². The van der Waals surface area contributed by atoms with Gasteiger partial charge in [0.2, 0.25) is 0 Å². The van der Waals surface area contributed by atoms with Crippen LogP contribution >= 0.6 is 0 Å². The highest BCUT2D eigenvalue weighted by molar-refractivity contribution is 4.89. The zero-order valence-corrected chi connectivity index (χ0v) is 9.74. The minimum absolute atomic E-state index is 0.295. The van der Waals surface area contributed by atoms with E-state index >= 15 is 0 Å². The summed E-state index contributed by atoms with van der Waals surface area (Å²) in [6.07, 6.45) is 4.99. The highest BCUT2D eigenvalue weighted by Gasteiger charge is 2.35. The molecule has 0 amide bonds. The van der Waals surface area contributed by atoms with Crippen LogP contribution in [0.5, 0.6) is 0 Å². The monoisotopic (exact) mass is 213 g/mol. The van der Waals surface area contributed by atoms with Crippen LogP contribution in [0.3, 0.4) is 0 Å². The van der Waals surface area contributed by atoms with Gasteiger partial charge in [-0.3, -0.25) is 4.90 Å². The van der Waals surface area contributed by atoms with Gasteiger partial charge in [-0.25, -0.2) is 0 Å². The first kappa shape index (κ1) is 11.4. The van der Waals surface area contributed by atoms with Crippen LogP contribution in [0.1, 0.15) is 32.6 Å². The number of aliphatic hydroxyl groups excluding tert-OH is 1. The number of aliphatic hydroxyl groups is 1. The summed E-state index contributed by atoms with van der Waals surface area (Å²) in [5.41, 5.74) is 0.413. The average molecular weight is 213 g/mol. The zero-order chi connectivity index (χ0) is 10.7. The fourth-order valence-corrected chi connectivity index (χ4v) is 2.47. The third-order valence-electron chi connectivity index (χ3n) is 3.74. The second kappa shape index (κ2) is 4.81. The molecule has 1 saturated carbocycles. The van der Waals surface area contributed by atoms with Gasteiger partial charge in [0.05, 0.1) is 6.61 Å². The lowest BCUT2D eigenvalue weighted by Crippen LogP contribution is -2.41. The normalized spacial score (nSPS) is 25.8. The Hall–Kier alpha value is -0.120. The summed E-state index contributed by atoms with van der Waals surface area (Å²) in [7, 11) is 0. The van der Waals surface area contributed by atoms with Crippen molar-refractivity contribution < 1.29 is 9.84 Å². The first-order valence-electron chi connectivity index (χ1n) is 6.16. The Kier molecular flexibility index (Phi) is 3.65. The molecule has 2 aliphatic rings. The fourth-order valence-electron chi connectivity index (χ4n) is 2.47. The van der Waals surface area contributed by atoms with Crippen molar-refractivity contribution in [2.75, 3.05) is 32.9 Å². The van der Waals surface area contributed by atoms with Crippen molar-refractivity contribution in [3.05, 3.63) is 0 Å². The molecule has 88 valence electrons. The van der Waals surface area contributed by atoms with Crippen molar-refractivity contribution >= 4 is 0 Å². The van der Waals surface area contributed by atoms with Crippen molar-refractivity contribution in [1.82, 2.24) is 4.90 Å². The average Bonchev–Trinajstić information content (AvgIpc) is 3.01. The van der Waals surface area contributed by atoms with Crippen LogP contribution in [0.4, 0.5) is 0 Å². The molecule has 0 atom stereocenters. The van der Waals surface area contributed by atoms with Gasteiger partial charge in [0, 0.05) is 32.3 Å². The number of nitrogens with zero attached hydrogens (tertiary/aromatic N) is 1. The second-order valence-corrected chi connectivity index (χ2v) is 5.35. The molecule has 0 radical (unpaired) electrons. The summed E-state index contributed by atoms with van der Waals surface area (Å²) in [6, 6.07) is 0.761. The van der Waals surface area contributed by atoms with E-state index in [1.165, 1.54) is 25.7 Å². The van der Waals surface area contributed by atoms with Crippen LogP contribution in [0.25, 0.3) is 0 Å². The molecule has 3 heteroatoms. The van der Waals surface area contributed by atoms with Crippen LogP contribution in [0.2, 0.25) is 0 Å². The maximum atomic E-state index is 9.06. The maximum Gasteiger partial charge on any atom is 0.0558 e. The smallest absolute Gasteiger partial charge is 0.0558 e. The number of ether oxygens (including phenoxy) is 1. The van der Waals surface area contributed by atoms with Crippen LogP contribution in [-0.4, -0.2) is 49.0 Å². The molecule has 1 saturated heterocycles. The van der Waals surface area contributed by atoms with Gasteiger partial charge in [0.25, 0.3) is 0 Å². The summed E-state index contributed by atoms with van der Waals surface area (Å²) >= 11 is 0. The maximum absolute atomic E-state index is 9.06. The highest BCUT2D eigenvalue weighted by atomic mass is 16.5. The van der Waals surface area contributed by atoms with Crippen LogP contribution in [-0.2, 0) is 4.74 Å². The third kappa shape index (κ3) is 3.16. The zero-order valence-electron chi connectivity index (χ0n) is 9.74. The van der Waals surface area contributed by atoms with Crippen molar-refractivity contribution in [3.63, 3.8) is 0 Å². The lowest BCUT2D eigenvalue weighted by molar-refractivity contribution is 0.00123. The Morgan fingerprint density at radius 2 is 2.00 bits per heavy atom. The summed E-state index contributed by atoms with van der Waals surface area (Å²) in [4.78, 5) is 2.48. The second-order valence-electron chi connectivity index (χ2n) is 5.35. The molecule has 2 fully saturated rings. The van der Waals surface area contributed by atoms with Crippen molar-refractivity contribution in [2.45, 2.75) is 38.6 Å². The summed E-state index contributed by atoms with van der Waals surface area (Å²) in [6.45, 7) is 6.47. The van der Waals surface area contributed by atoms with E-state index < -0.39 is 0 Å². The van der Waals surface area contributed by atoms with Gasteiger partial charge in [-0.15, -0.1) is 0 Å². The van der Waals surface area contributed by atoms with E-state index in [1.807, 2.05) is 0 Å². The first-order valence-corrected chi connectivity index (χ1v) is 6.16. The standard InChI is InChI=1S/C12H23NO2/c1-12(4-8-15-9-5-12)10-13(6-7-14)11-2-3-11/h11,14H,2-10H2,1H3. The van der Waals surface area contributed by atoms with Gasteiger partial charge >= 0.3 is 0 Å². The lowest BCUT2D eigenvalue weighted by Gasteiger charge is -2.38. The van der Waals surface area contributed by atoms with Crippen LogP contribution in [0, 0.1) is 5.41 Å². The van der Waals surface area contributed by atoms with Crippen molar-refractivity contribution in [2.24, 2.45) is 5.41 Å². The predicted molar refractivity (Wildman–Crippen MR) is 59.8 cm³/mol. The Morgan fingerprint density at radius 1 is 1.33 bits per heavy atom. The molecule has 1 heterocycles. The molecule has 15 heavy (non-hydrogen) atoms. The molecule has 3 nitrogen and oxygen atoms in total. The molecule has 0 unspecified atom stereocenters. The van der Waals surface area contributed by atoms with E-state index in [2.05, 4.69) is 11.8 Å². The van der Waals surface area contributed by atoms with Gasteiger partial charge in [-0.2, -0.15) is 0 Å². The Bertz CT molecular complexity index is 198. The Morgan fingerprint density at radius 3 is 2.53 bits per heavy atom. The molecular weight excluding hydrogens is 190 g/mol. The van der Waals surface area contributed by atoms with E-state index in [0.29, 0.717) is 12.0 Å². The van der Waals surface area contributed by atoms with Crippen LogP contribution in [0.15, 0.2) is 0 Å². The van der Waals surface area contributed by atoms with Gasteiger partial charge in [-0.05, 0) is 31.1 Å². The van der Waals surface area contributed by atoms with Gasteiger partial charge < -0.3 is 9.84 Å². The molecule has 2 rings (SSSR count). The lowest BCUT2D eigenvalue weighted by atomic mass is 9.82. The number of hydrogen-bond acceptors (Lipinski definition) is 3. The molecule has 1 aliphatic carbocycles. The summed E-state index contributed by atoms with van der Waals surface area (Å²) < 4.78 is 5.41. The van der Waals surface area contributed by atoms with E-state index in [0.717, 1.165) is 32.3 Å². The van der Waals surface area contributed by atoms with E-state index in [1.54, 1.807) is 0 Å². The molecule has 0 spiro atoms. The van der Waals surface area contributed by atoms with Gasteiger partial charge in [0.1, 0.15) is 0 Å². The SMILES string of the molecule is CC1(CN(CCO)C2CC2)CCOCC1. The Balaban J connectivity index is 1.85. The predicted octanol–water partition coefficient (Wildman–Crippen LogP) is 1.26. The first-order chi connectivity index (χ1) is 7.23. The molecule has 1 N–H and O–H groups in total. The molecular formula is C12H23NO2. The number of hydrogen-bond donors (Lipinski definition) is 1. The van der Waals surface area contributed by atoms with Crippen molar-refractivity contribution in [3.8, 4) is 0 Å². The molecule has 0 aromatic heterocycles. The third-order valence-corrected chi connectivity index (χ3v) is 3.74. The van der Waals surface area contributed by atoms with E-state index in [-0.39, 0.29) is 0 Å². The van der Waals surface area contributed by atoms with Crippen molar-refractivity contribution in [1.29, 1.82) is 0 Å². The highest BCUT2D eigenvalue weighted by Crippen LogP contribution is 2.35. The number of rotatable bonds is 5. The van der Waals surface area contributed by atoms with E-state index in [9.17, 15) is 0 Å². The Labute approximate surface area is 92.4 Å². The minimum Gasteiger partial charge on any atom is -0.395 e. The minimum atomic E-state index is 0.295. The topological polar surface area (TPSA) is 32.7 Å². The molecule has 0 bridgehead atoms. The summed E-state index contributed by atoms with van der Waals surface area (Å²) in [5.74, 6) is 0. The summed E-state index contributed by atoms with van der Waals surface area (Å²) in [5, 5.41) is 9.06. The quantitative estimate of drug-likeness (QED) is 0.746. The molecule has 1 aliphatic heterocycles. The van der Waals surface area contributed by atoms with Gasteiger partial charge in [-0.1, -0.05) is 6.92 Å². The van der Waals surface area contributed by atoms with E-state index in [4.69, 9.17) is 9.84 Å².